The van der Waals surface area contributed by atoms with Crippen molar-refractivity contribution in [3.63, 3.8) is 0 Å². The first kappa shape index (κ1) is 19.4. The van der Waals surface area contributed by atoms with E-state index in [2.05, 4.69) is 4.98 Å². The number of carbonyl (C=O) groups is 2. The molecule has 0 unspecified atom stereocenters. The van der Waals surface area contributed by atoms with Gasteiger partial charge < -0.3 is 9.64 Å². The lowest BCUT2D eigenvalue weighted by atomic mass is 10.0. The van der Waals surface area contributed by atoms with Crippen molar-refractivity contribution in [3.05, 3.63) is 59.2 Å². The van der Waals surface area contributed by atoms with Crippen molar-refractivity contribution >= 4 is 33.2 Å². The summed E-state index contributed by atoms with van der Waals surface area (Å²) in [5.74, 6) is -1.48. The number of Topliss-reactive ketones (excluding diaryl/α,β-unsaturated/α-hetero) is 1. The summed E-state index contributed by atoms with van der Waals surface area (Å²) in [6.45, 7) is 2.52. The molecule has 1 aliphatic rings. The number of rotatable bonds is 4. The standard InChI is InChI=1S/C21H18F2N2O3S/c1-12(26)13-2-4-14(5-3-13)20(27)25-8-6-16(7-9-25)28-21-24-19-17(23)10-15(22)11-18(19)29-21/h2-5,10-11,16H,6-9H2,1H3. The summed E-state index contributed by atoms with van der Waals surface area (Å²) in [6, 6.07) is 8.68. The predicted molar refractivity (Wildman–Crippen MR) is 106 cm³/mol. The van der Waals surface area contributed by atoms with Crippen LogP contribution in [0.5, 0.6) is 5.19 Å². The van der Waals surface area contributed by atoms with Gasteiger partial charge in [0, 0.05) is 43.1 Å². The molecule has 2 aromatic carbocycles. The third-order valence-corrected chi connectivity index (χ3v) is 5.82. The highest BCUT2D eigenvalue weighted by Crippen LogP contribution is 2.32. The van der Waals surface area contributed by atoms with Gasteiger partial charge in [0.1, 0.15) is 17.4 Å². The number of benzene rings is 2. The molecule has 0 saturated carbocycles. The van der Waals surface area contributed by atoms with E-state index in [1.165, 1.54) is 13.0 Å². The van der Waals surface area contributed by atoms with E-state index < -0.39 is 11.6 Å². The summed E-state index contributed by atoms with van der Waals surface area (Å²) in [6.07, 6.45) is 1.08. The SMILES string of the molecule is CC(=O)c1ccc(C(=O)N2CCC(Oc3nc4c(F)cc(F)cc4s3)CC2)cc1. The summed E-state index contributed by atoms with van der Waals surface area (Å²) in [4.78, 5) is 29.9. The molecule has 8 heteroatoms. The lowest BCUT2D eigenvalue weighted by Gasteiger charge is -2.31. The van der Waals surface area contributed by atoms with E-state index in [-0.39, 0.29) is 23.3 Å². The Hall–Kier alpha value is -2.87. The molecule has 1 fully saturated rings. The van der Waals surface area contributed by atoms with Gasteiger partial charge in [0.05, 0.1) is 4.70 Å². The smallest absolute Gasteiger partial charge is 0.274 e. The van der Waals surface area contributed by atoms with Crippen LogP contribution in [0.3, 0.4) is 0 Å². The van der Waals surface area contributed by atoms with Crippen LogP contribution in [-0.2, 0) is 0 Å². The second-order valence-corrected chi connectivity index (χ2v) is 7.95. The first-order chi connectivity index (χ1) is 13.9. The molecule has 1 amide bonds. The zero-order valence-corrected chi connectivity index (χ0v) is 16.5. The lowest BCUT2D eigenvalue weighted by molar-refractivity contribution is 0.0595. The van der Waals surface area contributed by atoms with Crippen molar-refractivity contribution in [1.82, 2.24) is 9.88 Å². The molecule has 0 bridgehead atoms. The summed E-state index contributed by atoms with van der Waals surface area (Å²) in [5, 5.41) is 0.300. The molecule has 5 nitrogen and oxygen atoms in total. The number of ketones is 1. The molecule has 0 spiro atoms. The summed E-state index contributed by atoms with van der Waals surface area (Å²) in [7, 11) is 0. The van der Waals surface area contributed by atoms with Crippen LogP contribution in [0.2, 0.25) is 0 Å². The maximum Gasteiger partial charge on any atom is 0.274 e. The number of hydrogen-bond donors (Lipinski definition) is 0. The number of likely N-dealkylation sites (tertiary alicyclic amines) is 1. The number of piperidine rings is 1. The Balaban J connectivity index is 1.37. The number of aromatic nitrogens is 1. The quantitative estimate of drug-likeness (QED) is 0.589. The molecular formula is C21H18F2N2O3S. The largest absolute Gasteiger partial charge is 0.467 e. The zero-order chi connectivity index (χ0) is 20.5. The van der Waals surface area contributed by atoms with Gasteiger partial charge in [-0.1, -0.05) is 23.5 Å². The highest BCUT2D eigenvalue weighted by atomic mass is 32.1. The van der Waals surface area contributed by atoms with Gasteiger partial charge in [-0.15, -0.1) is 0 Å². The lowest BCUT2D eigenvalue weighted by Crippen LogP contribution is -2.41. The van der Waals surface area contributed by atoms with Crippen LogP contribution in [0.4, 0.5) is 8.78 Å². The number of carbonyl (C=O) groups excluding carboxylic acids is 2. The summed E-state index contributed by atoms with van der Waals surface area (Å²) in [5.41, 5.74) is 1.21. The molecule has 150 valence electrons. The molecule has 0 atom stereocenters. The molecule has 29 heavy (non-hydrogen) atoms. The number of ether oxygens (including phenoxy) is 1. The van der Waals surface area contributed by atoms with E-state index in [1.807, 2.05) is 0 Å². The first-order valence-electron chi connectivity index (χ1n) is 9.23. The van der Waals surface area contributed by atoms with Gasteiger partial charge in [0.15, 0.2) is 11.6 Å². The van der Waals surface area contributed by atoms with Crippen LogP contribution in [0, 0.1) is 11.6 Å². The van der Waals surface area contributed by atoms with E-state index >= 15 is 0 Å². The van der Waals surface area contributed by atoms with Crippen LogP contribution in [0.15, 0.2) is 36.4 Å². The van der Waals surface area contributed by atoms with Crippen LogP contribution in [0.25, 0.3) is 10.2 Å². The number of nitrogens with zero attached hydrogens (tertiary/aromatic N) is 2. The highest BCUT2D eigenvalue weighted by Gasteiger charge is 2.26. The van der Waals surface area contributed by atoms with Gasteiger partial charge in [-0.25, -0.2) is 8.78 Å². The first-order valence-corrected chi connectivity index (χ1v) is 10.0. The number of fused-ring (bicyclic) bond motifs is 1. The van der Waals surface area contributed by atoms with Gasteiger partial charge in [-0.2, -0.15) is 4.98 Å². The molecule has 1 saturated heterocycles. The van der Waals surface area contributed by atoms with E-state index in [1.54, 1.807) is 29.2 Å². The normalized spacial score (nSPS) is 14.9. The second-order valence-electron chi connectivity index (χ2n) is 6.96. The molecule has 0 radical (unpaired) electrons. The summed E-state index contributed by atoms with van der Waals surface area (Å²) < 4.78 is 33.4. The Morgan fingerprint density at radius 1 is 1.10 bits per heavy atom. The topological polar surface area (TPSA) is 59.5 Å². The molecule has 2 heterocycles. The molecule has 4 rings (SSSR count). The van der Waals surface area contributed by atoms with Crippen molar-refractivity contribution in [2.24, 2.45) is 0 Å². The van der Waals surface area contributed by atoms with Crippen molar-refractivity contribution in [3.8, 4) is 5.19 Å². The van der Waals surface area contributed by atoms with Crippen LogP contribution >= 0.6 is 11.3 Å². The number of hydrogen-bond acceptors (Lipinski definition) is 5. The summed E-state index contributed by atoms with van der Waals surface area (Å²) >= 11 is 1.11. The Morgan fingerprint density at radius 2 is 1.76 bits per heavy atom. The zero-order valence-electron chi connectivity index (χ0n) is 15.7. The average molecular weight is 416 g/mol. The van der Waals surface area contributed by atoms with Gasteiger partial charge >= 0.3 is 0 Å². The third-order valence-electron chi connectivity index (χ3n) is 4.93. The van der Waals surface area contributed by atoms with Gasteiger partial charge in [0.25, 0.3) is 11.1 Å². The Morgan fingerprint density at radius 3 is 2.41 bits per heavy atom. The van der Waals surface area contributed by atoms with Crippen molar-refractivity contribution in [1.29, 1.82) is 0 Å². The number of amides is 1. The molecule has 3 aromatic rings. The van der Waals surface area contributed by atoms with Gasteiger partial charge in [-0.3, -0.25) is 9.59 Å². The molecule has 1 aromatic heterocycles. The second kappa shape index (κ2) is 7.87. The fourth-order valence-electron chi connectivity index (χ4n) is 3.34. The molecule has 0 aliphatic carbocycles. The highest BCUT2D eigenvalue weighted by molar-refractivity contribution is 7.20. The molecular weight excluding hydrogens is 398 g/mol. The van der Waals surface area contributed by atoms with Crippen molar-refractivity contribution in [2.75, 3.05) is 13.1 Å². The van der Waals surface area contributed by atoms with Crippen LogP contribution in [-0.4, -0.2) is 40.8 Å². The van der Waals surface area contributed by atoms with E-state index in [9.17, 15) is 18.4 Å². The fourth-order valence-corrected chi connectivity index (χ4v) is 4.26. The maximum absolute atomic E-state index is 13.8. The molecule has 1 aliphatic heterocycles. The van der Waals surface area contributed by atoms with E-state index in [4.69, 9.17) is 4.74 Å². The van der Waals surface area contributed by atoms with E-state index in [0.717, 1.165) is 17.4 Å². The van der Waals surface area contributed by atoms with Crippen molar-refractivity contribution < 1.29 is 23.1 Å². The average Bonchev–Trinajstić information content (AvgIpc) is 3.10. The van der Waals surface area contributed by atoms with Crippen LogP contribution < -0.4 is 4.74 Å². The minimum atomic E-state index is -0.706. The van der Waals surface area contributed by atoms with Gasteiger partial charge in [0.2, 0.25) is 0 Å². The minimum Gasteiger partial charge on any atom is -0.467 e. The maximum atomic E-state index is 13.8. The molecule has 0 N–H and O–H groups in total. The Labute approximate surface area is 169 Å². The Bertz CT molecular complexity index is 1070. The fraction of sp³-hybridized carbons (Fsp3) is 0.286. The third kappa shape index (κ3) is 4.12. The predicted octanol–water partition coefficient (Wildman–Crippen LogP) is 4.46. The Kier molecular flexibility index (Phi) is 5.27. The minimum absolute atomic E-state index is 0.0422. The van der Waals surface area contributed by atoms with Gasteiger partial charge in [-0.05, 0) is 25.1 Å². The number of halogens is 2. The van der Waals surface area contributed by atoms with E-state index in [0.29, 0.717) is 47.0 Å². The van der Waals surface area contributed by atoms with Crippen molar-refractivity contribution in [2.45, 2.75) is 25.9 Å². The van der Waals surface area contributed by atoms with Crippen LogP contribution in [0.1, 0.15) is 40.5 Å². The number of thiazole rings is 1. The monoisotopic (exact) mass is 416 g/mol.